The fraction of sp³-hybridized carbons (Fsp3) is 0.143. The second-order valence-corrected chi connectivity index (χ2v) is 5.35. The van der Waals surface area contributed by atoms with Gasteiger partial charge in [-0.05, 0) is 29.8 Å². The summed E-state index contributed by atoms with van der Waals surface area (Å²) in [5.41, 5.74) is 8.01. The lowest BCUT2D eigenvalue weighted by atomic mass is 10.2. The Bertz CT molecular complexity index is 508. The number of thioether (sulfide) groups is 1. The molecule has 0 bridgehead atoms. The summed E-state index contributed by atoms with van der Waals surface area (Å²) in [6.45, 7) is 0. The van der Waals surface area contributed by atoms with Crippen LogP contribution in [0.3, 0.4) is 0 Å². The topological polar surface area (TPSA) is 26.0 Å². The van der Waals surface area contributed by atoms with Gasteiger partial charge < -0.3 is 5.73 Å². The number of halogens is 2. The standard InChI is InChI=1S/C14H13ClFNS/c15-11-6-4-10(5-7-11)8-18-9-12-13(16)2-1-3-14(12)17/h1-7H,8-9,17H2. The van der Waals surface area contributed by atoms with Crippen molar-refractivity contribution in [2.24, 2.45) is 0 Å². The van der Waals surface area contributed by atoms with Crippen LogP contribution >= 0.6 is 23.4 Å². The molecular weight excluding hydrogens is 269 g/mol. The Kier molecular flexibility index (Phi) is 4.50. The van der Waals surface area contributed by atoms with Crippen molar-refractivity contribution in [2.45, 2.75) is 11.5 Å². The van der Waals surface area contributed by atoms with Gasteiger partial charge in [-0.2, -0.15) is 11.8 Å². The summed E-state index contributed by atoms with van der Waals surface area (Å²) in [7, 11) is 0. The van der Waals surface area contributed by atoms with E-state index in [4.69, 9.17) is 17.3 Å². The smallest absolute Gasteiger partial charge is 0.129 e. The van der Waals surface area contributed by atoms with E-state index in [0.29, 0.717) is 17.0 Å². The summed E-state index contributed by atoms with van der Waals surface area (Å²) < 4.78 is 13.5. The molecule has 0 amide bonds. The quantitative estimate of drug-likeness (QED) is 0.836. The Morgan fingerprint density at radius 1 is 1.06 bits per heavy atom. The van der Waals surface area contributed by atoms with E-state index in [1.165, 1.54) is 11.6 Å². The van der Waals surface area contributed by atoms with Gasteiger partial charge in [0.25, 0.3) is 0 Å². The zero-order valence-electron chi connectivity index (χ0n) is 9.70. The predicted molar refractivity (Wildman–Crippen MR) is 77.3 cm³/mol. The second kappa shape index (κ2) is 6.12. The monoisotopic (exact) mass is 281 g/mol. The van der Waals surface area contributed by atoms with Crippen molar-refractivity contribution in [1.29, 1.82) is 0 Å². The van der Waals surface area contributed by atoms with Crippen molar-refractivity contribution >= 4 is 29.1 Å². The Morgan fingerprint density at radius 3 is 2.44 bits per heavy atom. The minimum Gasteiger partial charge on any atom is -0.398 e. The molecule has 2 N–H and O–H groups in total. The first kappa shape index (κ1) is 13.2. The van der Waals surface area contributed by atoms with Crippen LogP contribution in [0.25, 0.3) is 0 Å². The van der Waals surface area contributed by atoms with Crippen molar-refractivity contribution < 1.29 is 4.39 Å². The molecule has 0 atom stereocenters. The minimum absolute atomic E-state index is 0.237. The van der Waals surface area contributed by atoms with E-state index in [1.54, 1.807) is 23.9 Å². The Morgan fingerprint density at radius 2 is 1.78 bits per heavy atom. The van der Waals surface area contributed by atoms with Gasteiger partial charge in [-0.3, -0.25) is 0 Å². The van der Waals surface area contributed by atoms with Gasteiger partial charge in [-0.25, -0.2) is 4.39 Å². The van der Waals surface area contributed by atoms with Gasteiger partial charge in [0.15, 0.2) is 0 Å². The highest BCUT2D eigenvalue weighted by Crippen LogP contribution is 2.24. The lowest BCUT2D eigenvalue weighted by Gasteiger charge is -2.07. The highest BCUT2D eigenvalue weighted by Gasteiger charge is 2.05. The molecule has 0 saturated carbocycles. The Balaban J connectivity index is 1.94. The van der Waals surface area contributed by atoms with Crippen LogP contribution in [0.15, 0.2) is 42.5 Å². The van der Waals surface area contributed by atoms with Crippen LogP contribution in [-0.2, 0) is 11.5 Å². The van der Waals surface area contributed by atoms with Gasteiger partial charge in [-0.1, -0.05) is 29.8 Å². The van der Waals surface area contributed by atoms with E-state index in [9.17, 15) is 4.39 Å². The third kappa shape index (κ3) is 3.40. The van der Waals surface area contributed by atoms with E-state index < -0.39 is 0 Å². The molecule has 0 spiro atoms. The van der Waals surface area contributed by atoms with Crippen LogP contribution in [0.1, 0.15) is 11.1 Å². The normalized spacial score (nSPS) is 10.6. The van der Waals surface area contributed by atoms with E-state index in [0.717, 1.165) is 10.8 Å². The van der Waals surface area contributed by atoms with Gasteiger partial charge in [0.05, 0.1) is 0 Å². The van der Waals surface area contributed by atoms with E-state index in [1.807, 2.05) is 24.3 Å². The molecule has 0 aliphatic rings. The van der Waals surface area contributed by atoms with Crippen LogP contribution in [0.5, 0.6) is 0 Å². The van der Waals surface area contributed by atoms with Crippen molar-refractivity contribution in [1.82, 2.24) is 0 Å². The van der Waals surface area contributed by atoms with Crippen molar-refractivity contribution in [2.75, 3.05) is 5.73 Å². The van der Waals surface area contributed by atoms with Crippen LogP contribution < -0.4 is 5.73 Å². The van der Waals surface area contributed by atoms with Gasteiger partial charge in [0.2, 0.25) is 0 Å². The van der Waals surface area contributed by atoms with Crippen LogP contribution in [0.2, 0.25) is 5.02 Å². The third-order valence-electron chi connectivity index (χ3n) is 2.58. The first-order valence-electron chi connectivity index (χ1n) is 5.52. The molecule has 0 unspecified atom stereocenters. The Hall–Kier alpha value is -1.19. The first-order chi connectivity index (χ1) is 8.66. The van der Waals surface area contributed by atoms with Crippen LogP contribution in [-0.4, -0.2) is 0 Å². The van der Waals surface area contributed by atoms with E-state index in [-0.39, 0.29) is 5.82 Å². The summed E-state index contributed by atoms with van der Waals surface area (Å²) in [6.07, 6.45) is 0. The molecule has 2 rings (SSSR count). The molecule has 0 heterocycles. The van der Waals surface area contributed by atoms with Gasteiger partial charge in [0.1, 0.15) is 5.82 Å². The molecule has 94 valence electrons. The zero-order chi connectivity index (χ0) is 13.0. The first-order valence-corrected chi connectivity index (χ1v) is 7.05. The molecule has 1 nitrogen and oxygen atoms in total. The highest BCUT2D eigenvalue weighted by atomic mass is 35.5. The van der Waals surface area contributed by atoms with Crippen LogP contribution in [0, 0.1) is 5.82 Å². The predicted octanol–water partition coefficient (Wildman–Crippen LogP) is 4.49. The van der Waals surface area contributed by atoms with Gasteiger partial charge in [0, 0.05) is 27.8 Å². The molecule has 0 saturated heterocycles. The van der Waals surface area contributed by atoms with Crippen molar-refractivity contribution in [3.8, 4) is 0 Å². The summed E-state index contributed by atoms with van der Waals surface area (Å²) in [6, 6.07) is 12.4. The fourth-order valence-electron chi connectivity index (χ4n) is 1.58. The number of anilines is 1. The SMILES string of the molecule is Nc1cccc(F)c1CSCc1ccc(Cl)cc1. The lowest BCUT2D eigenvalue weighted by Crippen LogP contribution is -1.96. The molecule has 0 aliphatic heterocycles. The molecule has 2 aromatic rings. The fourth-order valence-corrected chi connectivity index (χ4v) is 2.74. The maximum absolute atomic E-state index is 13.5. The number of nitrogens with two attached hydrogens (primary N) is 1. The molecule has 2 aromatic carbocycles. The number of hydrogen-bond donors (Lipinski definition) is 1. The highest BCUT2D eigenvalue weighted by molar-refractivity contribution is 7.97. The summed E-state index contributed by atoms with van der Waals surface area (Å²) in [5.74, 6) is 1.14. The summed E-state index contributed by atoms with van der Waals surface area (Å²) >= 11 is 7.44. The van der Waals surface area contributed by atoms with Gasteiger partial charge >= 0.3 is 0 Å². The molecule has 18 heavy (non-hydrogen) atoms. The third-order valence-corrected chi connectivity index (χ3v) is 3.87. The number of benzene rings is 2. The summed E-state index contributed by atoms with van der Waals surface area (Å²) in [4.78, 5) is 0. The molecule has 0 aromatic heterocycles. The number of nitrogen functional groups attached to an aromatic ring is 1. The average molecular weight is 282 g/mol. The second-order valence-electron chi connectivity index (χ2n) is 3.93. The number of rotatable bonds is 4. The van der Waals surface area contributed by atoms with E-state index in [2.05, 4.69) is 0 Å². The summed E-state index contributed by atoms with van der Waals surface area (Å²) in [5, 5.41) is 0.724. The van der Waals surface area contributed by atoms with Crippen molar-refractivity contribution in [3.05, 3.63) is 64.4 Å². The van der Waals surface area contributed by atoms with Crippen LogP contribution in [0.4, 0.5) is 10.1 Å². The molecular formula is C14H13ClFNS. The maximum Gasteiger partial charge on any atom is 0.129 e. The Labute approximate surface area is 115 Å². The molecule has 4 heteroatoms. The largest absolute Gasteiger partial charge is 0.398 e. The lowest BCUT2D eigenvalue weighted by molar-refractivity contribution is 0.618. The van der Waals surface area contributed by atoms with Gasteiger partial charge in [-0.15, -0.1) is 0 Å². The van der Waals surface area contributed by atoms with Crippen molar-refractivity contribution in [3.63, 3.8) is 0 Å². The molecule has 0 radical (unpaired) electrons. The zero-order valence-corrected chi connectivity index (χ0v) is 11.3. The average Bonchev–Trinajstić information content (AvgIpc) is 2.35. The number of hydrogen-bond acceptors (Lipinski definition) is 2. The maximum atomic E-state index is 13.5. The molecule has 0 fully saturated rings. The van der Waals surface area contributed by atoms with E-state index >= 15 is 0 Å². The minimum atomic E-state index is -0.237. The molecule has 0 aliphatic carbocycles.